The molecule has 0 spiro atoms. The molecule has 1 aliphatic rings. The number of aromatic nitrogens is 1. The summed E-state index contributed by atoms with van der Waals surface area (Å²) in [5.41, 5.74) is 6.77. The van der Waals surface area contributed by atoms with Gasteiger partial charge in [-0.25, -0.2) is 0 Å². The highest BCUT2D eigenvalue weighted by Gasteiger charge is 2.26. The predicted molar refractivity (Wildman–Crippen MR) is 160 cm³/mol. The van der Waals surface area contributed by atoms with Crippen molar-refractivity contribution in [3.63, 3.8) is 0 Å². The van der Waals surface area contributed by atoms with Gasteiger partial charge in [0.2, 0.25) is 0 Å². The van der Waals surface area contributed by atoms with Crippen LogP contribution < -0.4 is 0 Å². The molecule has 40 heavy (non-hydrogen) atoms. The summed E-state index contributed by atoms with van der Waals surface area (Å²) in [6, 6.07) is 36.3. The van der Waals surface area contributed by atoms with Gasteiger partial charge < -0.3 is 9.47 Å². The average Bonchev–Trinajstić information content (AvgIpc) is 2.98. The van der Waals surface area contributed by atoms with Gasteiger partial charge >= 0.3 is 0 Å². The van der Waals surface area contributed by atoms with Crippen LogP contribution in [0.2, 0.25) is 0 Å². The predicted octanol–water partition coefficient (Wildman–Crippen LogP) is 6.95. The molecule has 0 aliphatic carbocycles. The highest BCUT2D eigenvalue weighted by molar-refractivity contribution is 5.25. The van der Waals surface area contributed by atoms with E-state index in [1.165, 1.54) is 11.1 Å². The molecule has 208 valence electrons. The van der Waals surface area contributed by atoms with Gasteiger partial charge in [0, 0.05) is 25.2 Å². The van der Waals surface area contributed by atoms with Crippen LogP contribution in [0.3, 0.4) is 0 Å². The van der Waals surface area contributed by atoms with E-state index in [1.807, 2.05) is 0 Å². The molecule has 4 atom stereocenters. The van der Waals surface area contributed by atoms with Crippen LogP contribution in [0, 0.1) is 0 Å². The summed E-state index contributed by atoms with van der Waals surface area (Å²) < 4.78 is 13.3. The number of pyridine rings is 1. The minimum atomic E-state index is -0.0809. The van der Waals surface area contributed by atoms with Crippen LogP contribution in [0.5, 0.6) is 0 Å². The first-order valence-corrected chi connectivity index (χ1v) is 14.2. The number of hydrogen-bond acceptors (Lipinski definition) is 5. The minimum absolute atomic E-state index is 0.0809. The topological polar surface area (TPSA) is 37.8 Å². The molecule has 4 bridgehead atoms. The summed E-state index contributed by atoms with van der Waals surface area (Å²) in [5, 5.41) is 0. The van der Waals surface area contributed by atoms with E-state index in [9.17, 15) is 0 Å². The van der Waals surface area contributed by atoms with Crippen molar-refractivity contribution < 1.29 is 9.47 Å². The lowest BCUT2D eigenvalue weighted by atomic mass is 10.0. The normalized spacial score (nSPS) is 23.7. The van der Waals surface area contributed by atoms with Gasteiger partial charge in [-0.15, -0.1) is 0 Å². The van der Waals surface area contributed by atoms with Crippen molar-refractivity contribution in [2.75, 3.05) is 14.1 Å². The summed E-state index contributed by atoms with van der Waals surface area (Å²) in [7, 11) is 4.32. The molecular weight excluding hydrogens is 494 g/mol. The molecule has 1 aliphatic heterocycles. The zero-order valence-corrected chi connectivity index (χ0v) is 24.1. The molecule has 2 heterocycles. The second-order valence-electron chi connectivity index (χ2n) is 11.0. The fourth-order valence-corrected chi connectivity index (χ4v) is 5.46. The number of ether oxygens (including phenoxy) is 2. The van der Waals surface area contributed by atoms with Crippen LogP contribution in [0.1, 0.15) is 59.7 Å². The fourth-order valence-electron chi connectivity index (χ4n) is 5.46. The van der Waals surface area contributed by atoms with Crippen molar-refractivity contribution in [2.24, 2.45) is 0 Å². The Morgan fingerprint density at radius 2 is 1.00 bits per heavy atom. The molecule has 5 heteroatoms. The number of hydrogen-bond donors (Lipinski definition) is 0. The minimum Gasteiger partial charge on any atom is -0.367 e. The molecule has 0 fully saturated rings. The Hall–Kier alpha value is -3.35. The van der Waals surface area contributed by atoms with E-state index in [-0.39, 0.29) is 24.3 Å². The number of likely N-dealkylation sites (N-methyl/N-ethyl adjacent to an activating group) is 2. The highest BCUT2D eigenvalue weighted by Crippen LogP contribution is 2.29. The number of nitrogens with zero attached hydrogens (tertiary/aromatic N) is 3. The fraction of sp³-hybridized carbons (Fsp3) is 0.343. The third-order valence-electron chi connectivity index (χ3n) is 8.06. The van der Waals surface area contributed by atoms with Gasteiger partial charge in [0.1, 0.15) is 0 Å². The molecule has 1 unspecified atom stereocenters. The Balaban J connectivity index is 1.48. The maximum Gasteiger partial charge on any atom is 0.0981 e. The Morgan fingerprint density at radius 3 is 1.45 bits per heavy atom. The van der Waals surface area contributed by atoms with Crippen molar-refractivity contribution in [1.29, 1.82) is 0 Å². The summed E-state index contributed by atoms with van der Waals surface area (Å²) in [6.07, 6.45) is -0.162. The van der Waals surface area contributed by atoms with Gasteiger partial charge in [-0.2, -0.15) is 0 Å². The second-order valence-corrected chi connectivity index (χ2v) is 11.0. The summed E-state index contributed by atoms with van der Waals surface area (Å²) in [6.45, 7) is 7.02. The standard InChI is InChI=1S/C35H41N3O2/c1-26-34(30-15-7-5-8-16-30)39-24-28-13-11-14-29(21-28)25-40-35(31-17-9-6-10-18-31)27(2)38(4)23-33-20-12-19-32(36-33)22-37(26)3/h5-21,26-27,34-35H,22-25H2,1-4H3/t26-,27-,34-,35?/m0/s1. The first-order chi connectivity index (χ1) is 19.5. The number of rotatable bonds is 2. The third kappa shape index (κ3) is 7.04. The molecule has 3 aromatic carbocycles. The Kier molecular flexibility index (Phi) is 9.40. The zero-order chi connectivity index (χ0) is 27.9. The highest BCUT2D eigenvalue weighted by atomic mass is 16.5. The van der Waals surface area contributed by atoms with E-state index in [2.05, 4.69) is 141 Å². The molecule has 0 saturated heterocycles. The van der Waals surface area contributed by atoms with Gasteiger partial charge in [0.15, 0.2) is 0 Å². The molecule has 5 rings (SSSR count). The van der Waals surface area contributed by atoms with E-state index in [0.29, 0.717) is 13.2 Å². The lowest BCUT2D eigenvalue weighted by Crippen LogP contribution is -2.36. The monoisotopic (exact) mass is 535 g/mol. The maximum absolute atomic E-state index is 6.66. The smallest absolute Gasteiger partial charge is 0.0981 e. The van der Waals surface area contributed by atoms with Crippen LogP contribution in [0.15, 0.2) is 103 Å². The zero-order valence-electron chi connectivity index (χ0n) is 24.1. The average molecular weight is 536 g/mol. The Labute approximate surface area is 239 Å². The van der Waals surface area contributed by atoms with Crippen LogP contribution in [-0.4, -0.2) is 41.0 Å². The van der Waals surface area contributed by atoms with Gasteiger partial charge in [-0.05, 0) is 62.3 Å². The summed E-state index contributed by atoms with van der Waals surface area (Å²) >= 11 is 0. The summed E-state index contributed by atoms with van der Waals surface area (Å²) in [5.74, 6) is 0. The number of fused-ring (bicyclic) bond motifs is 4. The van der Waals surface area contributed by atoms with Crippen molar-refractivity contribution in [3.8, 4) is 0 Å². The van der Waals surface area contributed by atoms with Crippen molar-refractivity contribution >= 4 is 0 Å². The molecule has 4 aromatic rings. The van der Waals surface area contributed by atoms with Crippen molar-refractivity contribution in [1.82, 2.24) is 14.8 Å². The second kappa shape index (κ2) is 13.3. The van der Waals surface area contributed by atoms with E-state index in [4.69, 9.17) is 14.5 Å². The van der Waals surface area contributed by atoms with Gasteiger partial charge in [-0.3, -0.25) is 14.8 Å². The quantitative estimate of drug-likeness (QED) is 0.278. The van der Waals surface area contributed by atoms with E-state index in [1.54, 1.807) is 0 Å². The molecule has 0 radical (unpaired) electrons. The maximum atomic E-state index is 6.66. The van der Waals surface area contributed by atoms with E-state index < -0.39 is 0 Å². The van der Waals surface area contributed by atoms with Crippen LogP contribution in [-0.2, 0) is 35.8 Å². The molecule has 5 nitrogen and oxygen atoms in total. The van der Waals surface area contributed by atoms with E-state index >= 15 is 0 Å². The third-order valence-corrected chi connectivity index (χ3v) is 8.06. The summed E-state index contributed by atoms with van der Waals surface area (Å²) in [4.78, 5) is 9.74. The lowest BCUT2D eigenvalue weighted by Gasteiger charge is -2.33. The Bertz CT molecular complexity index is 1250. The molecule has 0 saturated carbocycles. The first kappa shape index (κ1) is 28.2. The van der Waals surface area contributed by atoms with Crippen molar-refractivity contribution in [3.05, 3.63) is 137 Å². The van der Waals surface area contributed by atoms with Crippen LogP contribution in [0.25, 0.3) is 0 Å². The van der Waals surface area contributed by atoms with Gasteiger partial charge in [0.05, 0.1) is 36.8 Å². The largest absolute Gasteiger partial charge is 0.367 e. The lowest BCUT2D eigenvalue weighted by molar-refractivity contribution is -0.0186. The van der Waals surface area contributed by atoms with Crippen molar-refractivity contribution in [2.45, 2.75) is 64.4 Å². The first-order valence-electron chi connectivity index (χ1n) is 14.2. The molecule has 0 N–H and O–H groups in total. The van der Waals surface area contributed by atoms with Crippen LogP contribution in [0.4, 0.5) is 0 Å². The molecular formula is C35H41N3O2. The van der Waals surface area contributed by atoms with E-state index in [0.717, 1.165) is 35.6 Å². The number of benzene rings is 3. The Morgan fingerprint density at radius 1 is 0.575 bits per heavy atom. The SMILES string of the molecule is C[C@H]1C(c2ccccc2)OCc2cccc(c2)CO[C@H](c2ccccc2)[C@H](C)N(C)Cc2cccc(n2)CN1C. The molecule has 0 amide bonds. The molecule has 1 aromatic heterocycles. The van der Waals surface area contributed by atoms with Gasteiger partial charge in [0.25, 0.3) is 0 Å². The van der Waals surface area contributed by atoms with Gasteiger partial charge in [-0.1, -0.05) is 91.0 Å². The van der Waals surface area contributed by atoms with Crippen LogP contribution >= 0.6 is 0 Å².